The second-order valence-corrected chi connectivity index (χ2v) is 20.5. The van der Waals surface area contributed by atoms with E-state index in [-0.39, 0.29) is 17.7 Å². The van der Waals surface area contributed by atoms with Crippen LogP contribution in [0.5, 0.6) is 0 Å². The van der Waals surface area contributed by atoms with Crippen LogP contribution in [-0.2, 0) is 10.8 Å². The van der Waals surface area contributed by atoms with Crippen LogP contribution in [-0.4, -0.2) is 6.85 Å². The van der Waals surface area contributed by atoms with Gasteiger partial charge in [-0.1, -0.05) is 143 Å². The summed E-state index contributed by atoms with van der Waals surface area (Å²) >= 11 is 0. The van der Waals surface area contributed by atoms with Crippen LogP contribution < -0.4 is 20.6 Å². The lowest BCUT2D eigenvalue weighted by atomic mass is 9.43. The molecule has 66 heavy (non-hydrogen) atoms. The highest BCUT2D eigenvalue weighted by atomic mass is 16.3. The van der Waals surface area contributed by atoms with Crippen molar-refractivity contribution in [2.45, 2.75) is 65.2 Å². The van der Waals surface area contributed by atoms with E-state index in [1.807, 2.05) is 0 Å². The van der Waals surface area contributed by atoms with E-state index in [2.05, 4.69) is 227 Å². The van der Waals surface area contributed by atoms with Gasteiger partial charge in [0.25, 0.3) is 0 Å². The first-order valence-corrected chi connectivity index (χ1v) is 23.6. The molecule has 0 unspecified atom stereocenters. The van der Waals surface area contributed by atoms with Crippen LogP contribution in [0.1, 0.15) is 62.8 Å². The molecular formula is C62H51BN2O. The maximum atomic E-state index is 7.09. The average Bonchev–Trinajstić information content (AvgIpc) is 3.69. The van der Waals surface area contributed by atoms with Gasteiger partial charge in [-0.25, -0.2) is 0 Å². The molecule has 0 fully saturated rings. The summed E-state index contributed by atoms with van der Waals surface area (Å²) in [6, 6.07) is 66.0. The summed E-state index contributed by atoms with van der Waals surface area (Å²) in [4.78, 5) is 5.19. The first-order chi connectivity index (χ1) is 32.0. The summed E-state index contributed by atoms with van der Waals surface area (Å²) in [5.74, 6) is 0. The van der Waals surface area contributed by atoms with E-state index in [1.165, 1.54) is 105 Å². The van der Waals surface area contributed by atoms with Gasteiger partial charge in [0.2, 0.25) is 0 Å². The van der Waals surface area contributed by atoms with Gasteiger partial charge >= 0.3 is 6.85 Å². The van der Waals surface area contributed by atoms with Crippen LogP contribution in [0.3, 0.4) is 0 Å². The van der Waals surface area contributed by atoms with Gasteiger partial charge in [-0.2, -0.15) is 0 Å². The standard InChI is InChI=1S/C62H51BN2O/c1-38-29-50-47-32-43-19-13-14-20-44(43)33-55(47)65(46-24-21-42(22-25-46)40-15-9-7-10-16-40)63-53-35-49-48-34-51-52(62(5,6)28-27-61(51,3)4)36-58(48)66-59(49)37-56(53)64(57(30-38)60(50)63)54-26-23-45(31-39(54)2)41-17-11-8-12-18-41/h7-26,29-37H,27-28H2,1-6H3. The van der Waals surface area contributed by atoms with Gasteiger partial charge in [0.05, 0.1) is 0 Å². The molecule has 0 saturated carbocycles. The normalized spacial score (nSPS) is 15.5. The van der Waals surface area contributed by atoms with Gasteiger partial charge in [-0.3, -0.25) is 0 Å². The zero-order valence-corrected chi connectivity index (χ0v) is 38.5. The average molecular weight is 851 g/mol. The van der Waals surface area contributed by atoms with Crippen molar-refractivity contribution in [3.63, 3.8) is 0 Å². The Bertz CT molecular complexity index is 3620. The molecule has 318 valence electrons. The molecule has 0 bridgehead atoms. The zero-order chi connectivity index (χ0) is 44.6. The monoisotopic (exact) mass is 850 g/mol. The lowest BCUT2D eigenvalue weighted by molar-refractivity contribution is 0.332. The molecule has 0 N–H and O–H groups in total. The molecule has 0 saturated heterocycles. The summed E-state index contributed by atoms with van der Waals surface area (Å²) < 4.78 is 7.09. The SMILES string of the molecule is Cc1cc2c3c(c1)N(c1ccc(-c4ccccc4)cc1C)c1cc4oc5cc6c(cc5c4cc1B3N(c1ccc(-c3ccccc3)cc1)c1cc3ccccc3cc1-2)C(C)(C)CCC6(C)C. The van der Waals surface area contributed by atoms with E-state index in [0.717, 1.165) is 35.4 Å². The molecule has 0 spiro atoms. The molecule has 3 heterocycles. The molecular weight excluding hydrogens is 800 g/mol. The molecule has 9 aromatic carbocycles. The van der Waals surface area contributed by atoms with E-state index in [1.54, 1.807) is 0 Å². The number of hydrogen-bond acceptors (Lipinski definition) is 3. The molecule has 4 heteroatoms. The fourth-order valence-corrected chi connectivity index (χ4v) is 11.8. The van der Waals surface area contributed by atoms with Gasteiger partial charge in [-0.05, 0) is 164 Å². The Kier molecular flexibility index (Phi) is 8.36. The van der Waals surface area contributed by atoms with Crippen molar-refractivity contribution in [3.8, 4) is 33.4 Å². The Labute approximate surface area is 388 Å². The third-order valence-corrected chi connectivity index (χ3v) is 15.4. The van der Waals surface area contributed by atoms with Gasteiger partial charge in [0.15, 0.2) is 0 Å². The maximum absolute atomic E-state index is 7.09. The summed E-state index contributed by atoms with van der Waals surface area (Å²) in [5, 5.41) is 4.84. The fraction of sp³-hybridized carbons (Fsp3) is 0.161. The van der Waals surface area contributed by atoms with Crippen molar-refractivity contribution < 1.29 is 4.42 Å². The second kappa shape index (κ2) is 14.1. The predicted molar refractivity (Wildman–Crippen MR) is 281 cm³/mol. The van der Waals surface area contributed by atoms with Crippen LogP contribution in [0.25, 0.3) is 66.1 Å². The molecule has 0 amide bonds. The first-order valence-electron chi connectivity index (χ1n) is 23.6. The maximum Gasteiger partial charge on any atom is 0.333 e. The number of rotatable bonds is 4. The molecule has 13 rings (SSSR count). The van der Waals surface area contributed by atoms with Gasteiger partial charge in [0, 0.05) is 50.8 Å². The number of aryl methyl sites for hydroxylation is 2. The summed E-state index contributed by atoms with van der Waals surface area (Å²) in [6.45, 7) is 14.0. The molecule has 2 aliphatic heterocycles. The molecule has 1 aliphatic carbocycles. The van der Waals surface area contributed by atoms with Crippen molar-refractivity contribution in [1.29, 1.82) is 0 Å². The quantitative estimate of drug-likeness (QED) is 0.165. The molecule has 3 nitrogen and oxygen atoms in total. The van der Waals surface area contributed by atoms with Crippen molar-refractivity contribution >= 4 is 78.9 Å². The molecule has 0 atom stereocenters. The lowest BCUT2D eigenvalue weighted by Crippen LogP contribution is -2.61. The van der Waals surface area contributed by atoms with Crippen LogP contribution in [0.2, 0.25) is 0 Å². The predicted octanol–water partition coefficient (Wildman–Crippen LogP) is 15.7. The number of fused-ring (bicyclic) bond motifs is 9. The summed E-state index contributed by atoms with van der Waals surface area (Å²) in [5.41, 5.74) is 23.2. The zero-order valence-electron chi connectivity index (χ0n) is 38.5. The number of anilines is 5. The highest BCUT2D eigenvalue weighted by Crippen LogP contribution is 2.52. The minimum atomic E-state index is -0.135. The molecule has 10 aromatic rings. The van der Waals surface area contributed by atoms with E-state index in [9.17, 15) is 0 Å². The van der Waals surface area contributed by atoms with Gasteiger partial charge in [0.1, 0.15) is 11.2 Å². The van der Waals surface area contributed by atoms with E-state index in [0.29, 0.717) is 0 Å². The highest BCUT2D eigenvalue weighted by Gasteiger charge is 2.46. The molecule has 3 aliphatic rings. The van der Waals surface area contributed by atoms with Crippen molar-refractivity contribution in [2.75, 3.05) is 9.71 Å². The topological polar surface area (TPSA) is 19.6 Å². The van der Waals surface area contributed by atoms with Gasteiger partial charge < -0.3 is 14.1 Å². The third-order valence-electron chi connectivity index (χ3n) is 15.4. The number of hydrogen-bond donors (Lipinski definition) is 0. The number of furan rings is 1. The Morgan fingerprint density at radius 2 is 1.06 bits per heavy atom. The Balaban J connectivity index is 1.12. The van der Waals surface area contributed by atoms with Crippen molar-refractivity contribution in [3.05, 3.63) is 198 Å². The Hall–Kier alpha value is -7.30. The largest absolute Gasteiger partial charge is 0.456 e. The smallest absolute Gasteiger partial charge is 0.333 e. The van der Waals surface area contributed by atoms with Crippen molar-refractivity contribution in [1.82, 2.24) is 0 Å². The molecule has 0 radical (unpaired) electrons. The molecule has 1 aromatic heterocycles. The summed E-state index contributed by atoms with van der Waals surface area (Å²) in [6.07, 6.45) is 2.32. The third kappa shape index (κ3) is 5.83. The van der Waals surface area contributed by atoms with Crippen molar-refractivity contribution in [2.24, 2.45) is 0 Å². The minimum Gasteiger partial charge on any atom is -0.456 e. The number of nitrogens with zero attached hydrogens (tertiary/aromatic N) is 2. The lowest BCUT2D eigenvalue weighted by Gasteiger charge is -2.46. The van der Waals surface area contributed by atoms with E-state index < -0.39 is 0 Å². The highest BCUT2D eigenvalue weighted by molar-refractivity contribution is 6.93. The van der Waals surface area contributed by atoms with Crippen LogP contribution in [0.15, 0.2) is 180 Å². The van der Waals surface area contributed by atoms with E-state index >= 15 is 0 Å². The minimum absolute atomic E-state index is 0.0708. The van der Waals surface area contributed by atoms with E-state index in [4.69, 9.17) is 4.42 Å². The summed E-state index contributed by atoms with van der Waals surface area (Å²) in [7, 11) is 0. The fourth-order valence-electron chi connectivity index (χ4n) is 11.8. The Morgan fingerprint density at radius 1 is 0.470 bits per heavy atom. The van der Waals surface area contributed by atoms with Crippen LogP contribution in [0.4, 0.5) is 28.4 Å². The number of benzene rings is 9. The van der Waals surface area contributed by atoms with Gasteiger partial charge in [-0.15, -0.1) is 0 Å². The first kappa shape index (κ1) is 39.1. The Morgan fingerprint density at radius 3 is 1.76 bits per heavy atom. The second-order valence-electron chi connectivity index (χ2n) is 20.5. The van der Waals surface area contributed by atoms with Crippen LogP contribution in [0, 0.1) is 13.8 Å². The van der Waals surface area contributed by atoms with Crippen LogP contribution >= 0.6 is 0 Å².